The summed E-state index contributed by atoms with van der Waals surface area (Å²) in [6.45, 7) is 0. The Kier molecular flexibility index (Phi) is 2.85. The third-order valence-corrected chi connectivity index (χ3v) is 2.38. The van der Waals surface area contributed by atoms with Crippen LogP contribution in [0.3, 0.4) is 0 Å². The molecule has 0 heterocycles. The van der Waals surface area contributed by atoms with E-state index in [9.17, 15) is 13.6 Å². The first-order valence-electron chi connectivity index (χ1n) is 4.17. The maximum atomic E-state index is 12.9. The number of esters is 1. The second-order valence-electron chi connectivity index (χ2n) is 3.39. The van der Waals surface area contributed by atoms with Gasteiger partial charge in [0.15, 0.2) is 0 Å². The van der Waals surface area contributed by atoms with E-state index in [0.29, 0.717) is 0 Å². The van der Waals surface area contributed by atoms with Gasteiger partial charge in [-0.15, -0.1) is 0 Å². The van der Waals surface area contributed by atoms with E-state index in [4.69, 9.17) is 5.73 Å². The number of ether oxygens (including phenoxy) is 1. The highest BCUT2D eigenvalue weighted by molar-refractivity contribution is 5.73. The molecule has 13 heavy (non-hydrogen) atoms. The molecule has 0 aromatic rings. The molecule has 5 heteroatoms. The predicted octanol–water partition coefficient (Wildman–Crippen LogP) is 0.922. The summed E-state index contributed by atoms with van der Waals surface area (Å²) in [6.07, 6.45) is -0.546. The van der Waals surface area contributed by atoms with Gasteiger partial charge >= 0.3 is 5.97 Å². The van der Waals surface area contributed by atoms with E-state index < -0.39 is 30.3 Å². The number of hydrogen-bond donors (Lipinski definition) is 1. The van der Waals surface area contributed by atoms with Gasteiger partial charge in [-0.1, -0.05) is 0 Å². The van der Waals surface area contributed by atoms with Crippen LogP contribution in [0, 0.1) is 5.92 Å². The number of halogens is 2. The monoisotopic (exact) mass is 193 g/mol. The Hall–Kier alpha value is -0.710. The summed E-state index contributed by atoms with van der Waals surface area (Å²) in [6, 6.07) is -0.493. The first kappa shape index (κ1) is 10.4. The molecule has 0 amide bonds. The molecule has 1 fully saturated rings. The number of rotatable bonds is 1. The van der Waals surface area contributed by atoms with Crippen LogP contribution in [0.4, 0.5) is 8.78 Å². The lowest BCUT2D eigenvalue weighted by molar-refractivity contribution is -0.153. The summed E-state index contributed by atoms with van der Waals surface area (Å²) in [5, 5.41) is 0. The Morgan fingerprint density at radius 3 is 2.77 bits per heavy atom. The molecule has 1 aliphatic rings. The van der Waals surface area contributed by atoms with Crippen LogP contribution < -0.4 is 5.73 Å². The molecule has 76 valence electrons. The van der Waals surface area contributed by atoms with Crippen molar-refractivity contribution in [2.45, 2.75) is 31.2 Å². The van der Waals surface area contributed by atoms with Gasteiger partial charge in [-0.2, -0.15) is 0 Å². The molecule has 0 aromatic heterocycles. The molecule has 0 aliphatic heterocycles. The van der Waals surface area contributed by atoms with Crippen molar-refractivity contribution >= 4 is 5.97 Å². The predicted molar refractivity (Wildman–Crippen MR) is 42.3 cm³/mol. The van der Waals surface area contributed by atoms with Crippen LogP contribution in [0.15, 0.2) is 0 Å². The normalized spacial score (nSPS) is 32.6. The third kappa shape index (κ3) is 2.37. The van der Waals surface area contributed by atoms with Crippen molar-refractivity contribution in [1.82, 2.24) is 0 Å². The average molecular weight is 193 g/mol. The van der Waals surface area contributed by atoms with Crippen LogP contribution in [0.2, 0.25) is 0 Å². The van der Waals surface area contributed by atoms with Gasteiger partial charge < -0.3 is 10.5 Å². The Morgan fingerprint density at radius 1 is 1.62 bits per heavy atom. The SMILES string of the molecule is COC(=O)C1CC(F)(F)CCC1N. The quantitative estimate of drug-likeness (QED) is 0.630. The Balaban J connectivity index is 2.65. The lowest BCUT2D eigenvalue weighted by Crippen LogP contribution is -2.45. The molecule has 2 unspecified atom stereocenters. The standard InChI is InChI=1S/C8H13F2NO2/c1-13-7(12)5-4-8(9,10)3-2-6(5)11/h5-6H,2-4,11H2,1H3. The van der Waals surface area contributed by atoms with Crippen LogP contribution in [0.5, 0.6) is 0 Å². The summed E-state index contributed by atoms with van der Waals surface area (Å²) in [5.41, 5.74) is 5.54. The molecule has 0 bridgehead atoms. The van der Waals surface area contributed by atoms with Crippen molar-refractivity contribution < 1.29 is 18.3 Å². The van der Waals surface area contributed by atoms with Gasteiger partial charge in [0.25, 0.3) is 0 Å². The van der Waals surface area contributed by atoms with Crippen molar-refractivity contribution in [2.75, 3.05) is 7.11 Å². The third-order valence-electron chi connectivity index (χ3n) is 2.38. The first-order valence-corrected chi connectivity index (χ1v) is 4.17. The van der Waals surface area contributed by atoms with Crippen molar-refractivity contribution in [3.8, 4) is 0 Å². The molecule has 2 N–H and O–H groups in total. The van der Waals surface area contributed by atoms with E-state index in [1.807, 2.05) is 0 Å². The van der Waals surface area contributed by atoms with E-state index >= 15 is 0 Å². The maximum Gasteiger partial charge on any atom is 0.310 e. The van der Waals surface area contributed by atoms with Crippen LogP contribution in [0.1, 0.15) is 19.3 Å². The minimum Gasteiger partial charge on any atom is -0.469 e. The fourth-order valence-corrected chi connectivity index (χ4v) is 1.56. The summed E-state index contributed by atoms with van der Waals surface area (Å²) in [4.78, 5) is 11.0. The number of carbonyl (C=O) groups is 1. The van der Waals surface area contributed by atoms with Gasteiger partial charge in [-0.25, -0.2) is 8.78 Å². The lowest BCUT2D eigenvalue weighted by Gasteiger charge is -2.31. The van der Waals surface area contributed by atoms with Gasteiger partial charge in [-0.05, 0) is 6.42 Å². The van der Waals surface area contributed by atoms with Crippen LogP contribution in [-0.2, 0) is 9.53 Å². The van der Waals surface area contributed by atoms with Crippen LogP contribution >= 0.6 is 0 Å². The highest BCUT2D eigenvalue weighted by atomic mass is 19.3. The lowest BCUT2D eigenvalue weighted by atomic mass is 9.83. The van der Waals surface area contributed by atoms with E-state index in [-0.39, 0.29) is 12.8 Å². The van der Waals surface area contributed by atoms with Gasteiger partial charge in [-0.3, -0.25) is 4.79 Å². The van der Waals surface area contributed by atoms with Gasteiger partial charge in [0.05, 0.1) is 13.0 Å². The van der Waals surface area contributed by atoms with Crippen molar-refractivity contribution in [3.63, 3.8) is 0 Å². The number of methoxy groups -OCH3 is 1. The van der Waals surface area contributed by atoms with Crippen LogP contribution in [-0.4, -0.2) is 25.0 Å². The molecule has 1 saturated carbocycles. The largest absolute Gasteiger partial charge is 0.469 e. The number of carbonyl (C=O) groups excluding carboxylic acids is 1. The fourth-order valence-electron chi connectivity index (χ4n) is 1.56. The molecule has 0 spiro atoms. The minimum atomic E-state index is -2.77. The van der Waals surface area contributed by atoms with Gasteiger partial charge in [0, 0.05) is 18.9 Å². The number of nitrogens with two attached hydrogens (primary N) is 1. The van der Waals surface area contributed by atoms with Gasteiger partial charge in [0.2, 0.25) is 5.92 Å². The van der Waals surface area contributed by atoms with Crippen molar-refractivity contribution in [3.05, 3.63) is 0 Å². The molecule has 1 aliphatic carbocycles. The molecular formula is C8H13F2NO2. The number of hydrogen-bond acceptors (Lipinski definition) is 3. The topological polar surface area (TPSA) is 52.3 Å². The number of alkyl halides is 2. The molecule has 0 aromatic carbocycles. The zero-order valence-corrected chi connectivity index (χ0v) is 7.43. The fraction of sp³-hybridized carbons (Fsp3) is 0.875. The van der Waals surface area contributed by atoms with Crippen molar-refractivity contribution in [2.24, 2.45) is 11.7 Å². The molecular weight excluding hydrogens is 180 g/mol. The zero-order valence-electron chi connectivity index (χ0n) is 7.43. The molecule has 1 rings (SSSR count). The van der Waals surface area contributed by atoms with E-state index in [2.05, 4.69) is 4.74 Å². The second kappa shape index (κ2) is 3.57. The second-order valence-corrected chi connectivity index (χ2v) is 3.39. The van der Waals surface area contributed by atoms with E-state index in [0.717, 1.165) is 0 Å². The Bertz CT molecular complexity index is 208. The summed E-state index contributed by atoms with van der Waals surface area (Å²) in [5.74, 6) is -4.25. The molecule has 0 saturated heterocycles. The highest BCUT2D eigenvalue weighted by Gasteiger charge is 2.43. The first-order chi connectivity index (χ1) is 5.96. The average Bonchev–Trinajstić information content (AvgIpc) is 2.08. The minimum absolute atomic E-state index is 0.173. The highest BCUT2D eigenvalue weighted by Crippen LogP contribution is 2.36. The summed E-state index contributed by atoms with van der Waals surface area (Å²) in [7, 11) is 1.18. The smallest absolute Gasteiger partial charge is 0.310 e. The maximum absolute atomic E-state index is 12.9. The Labute approximate surface area is 75.2 Å². The van der Waals surface area contributed by atoms with E-state index in [1.165, 1.54) is 7.11 Å². The summed E-state index contributed by atoms with van der Waals surface area (Å²) >= 11 is 0. The van der Waals surface area contributed by atoms with E-state index in [1.54, 1.807) is 0 Å². The zero-order chi connectivity index (χ0) is 10.1. The molecule has 3 nitrogen and oxygen atoms in total. The molecule has 2 atom stereocenters. The van der Waals surface area contributed by atoms with Crippen molar-refractivity contribution in [1.29, 1.82) is 0 Å². The summed E-state index contributed by atoms with van der Waals surface area (Å²) < 4.78 is 30.1. The van der Waals surface area contributed by atoms with Gasteiger partial charge in [0.1, 0.15) is 0 Å². The van der Waals surface area contributed by atoms with Crippen LogP contribution in [0.25, 0.3) is 0 Å². The Morgan fingerprint density at radius 2 is 2.23 bits per heavy atom. The molecule has 0 radical (unpaired) electrons.